The molecule has 3 rings (SSSR count). The molecule has 1 amide bonds. The van der Waals surface area contributed by atoms with E-state index in [0.717, 1.165) is 16.8 Å². The first-order valence-corrected chi connectivity index (χ1v) is 9.03. The minimum atomic E-state index is -0.102. The molecule has 0 aliphatic carbocycles. The van der Waals surface area contributed by atoms with Crippen molar-refractivity contribution in [3.63, 3.8) is 0 Å². The van der Waals surface area contributed by atoms with Crippen molar-refractivity contribution in [3.8, 4) is 5.69 Å². The van der Waals surface area contributed by atoms with Gasteiger partial charge in [-0.3, -0.25) is 9.69 Å². The van der Waals surface area contributed by atoms with Gasteiger partial charge in [0.25, 0.3) is 0 Å². The maximum atomic E-state index is 12.4. The summed E-state index contributed by atoms with van der Waals surface area (Å²) in [6.45, 7) is 4.29. The summed E-state index contributed by atoms with van der Waals surface area (Å²) in [6, 6.07) is 13.7. The van der Waals surface area contributed by atoms with Crippen molar-refractivity contribution in [2.75, 3.05) is 18.9 Å². The van der Waals surface area contributed by atoms with E-state index in [-0.39, 0.29) is 18.5 Å². The number of likely N-dealkylation sites (N-methyl/N-ethyl adjacent to an activating group) is 1. The number of nitrogens with zero attached hydrogens (tertiary/aromatic N) is 4. The summed E-state index contributed by atoms with van der Waals surface area (Å²) in [4.78, 5) is 18.3. The van der Waals surface area contributed by atoms with Crippen LogP contribution in [0.1, 0.15) is 24.1 Å². The van der Waals surface area contributed by atoms with Crippen molar-refractivity contribution in [2.24, 2.45) is 0 Å². The van der Waals surface area contributed by atoms with Gasteiger partial charge < -0.3 is 5.32 Å². The molecule has 3 aromatic rings. The lowest BCUT2D eigenvalue weighted by Crippen LogP contribution is -2.32. The third-order valence-electron chi connectivity index (χ3n) is 4.51. The molecule has 7 heteroatoms. The summed E-state index contributed by atoms with van der Waals surface area (Å²) < 4.78 is 1.71. The topological polar surface area (TPSA) is 63.1 Å². The van der Waals surface area contributed by atoms with Crippen molar-refractivity contribution >= 4 is 23.2 Å². The number of aromatic nitrogens is 3. The van der Waals surface area contributed by atoms with Crippen LogP contribution in [0.2, 0.25) is 5.02 Å². The molecular weight excluding hydrogens is 362 g/mol. The number of carbonyl (C=O) groups is 1. The van der Waals surface area contributed by atoms with Gasteiger partial charge in [-0.2, -0.15) is 5.10 Å². The van der Waals surface area contributed by atoms with E-state index in [2.05, 4.69) is 22.3 Å². The van der Waals surface area contributed by atoms with Gasteiger partial charge in [0.05, 0.1) is 22.9 Å². The van der Waals surface area contributed by atoms with Gasteiger partial charge >= 0.3 is 0 Å². The summed E-state index contributed by atoms with van der Waals surface area (Å²) in [5, 5.41) is 7.53. The Hall–Kier alpha value is -2.70. The van der Waals surface area contributed by atoms with Crippen LogP contribution in [0.3, 0.4) is 0 Å². The molecule has 140 valence electrons. The molecule has 27 heavy (non-hydrogen) atoms. The lowest BCUT2D eigenvalue weighted by Gasteiger charge is -2.24. The smallest absolute Gasteiger partial charge is 0.238 e. The predicted molar refractivity (Wildman–Crippen MR) is 107 cm³/mol. The summed E-state index contributed by atoms with van der Waals surface area (Å²) in [6.07, 6.45) is 3.16. The van der Waals surface area contributed by atoms with Crippen molar-refractivity contribution in [1.82, 2.24) is 19.7 Å². The van der Waals surface area contributed by atoms with E-state index < -0.39 is 0 Å². The molecule has 0 radical (unpaired) electrons. The van der Waals surface area contributed by atoms with Crippen LogP contribution < -0.4 is 5.32 Å². The number of carbonyl (C=O) groups excluding carboxylic acids is 1. The van der Waals surface area contributed by atoms with Crippen LogP contribution in [0.4, 0.5) is 5.69 Å². The normalized spacial score (nSPS) is 12.2. The maximum Gasteiger partial charge on any atom is 0.238 e. The van der Waals surface area contributed by atoms with E-state index >= 15 is 0 Å². The van der Waals surface area contributed by atoms with Gasteiger partial charge in [-0.1, -0.05) is 29.8 Å². The number of nitrogens with one attached hydrogen (secondary N) is 1. The van der Waals surface area contributed by atoms with Crippen molar-refractivity contribution in [3.05, 3.63) is 71.3 Å². The molecule has 0 saturated heterocycles. The Balaban J connectivity index is 1.61. The molecule has 0 unspecified atom stereocenters. The van der Waals surface area contributed by atoms with Gasteiger partial charge in [0, 0.05) is 6.04 Å². The average Bonchev–Trinajstić information content (AvgIpc) is 3.18. The standard InChI is InChI=1S/C20H22ClN5O/c1-14-4-9-19(18(21)10-14)24-20(27)11-25(3)15(2)16-5-7-17(8-6-16)26-13-22-12-23-26/h4-10,12-13,15H,11H2,1-3H3,(H,24,27)/t15-/m0/s1. The molecular formula is C20H22ClN5O. The summed E-state index contributed by atoms with van der Waals surface area (Å²) in [5.74, 6) is -0.102. The van der Waals surface area contributed by atoms with Crippen LogP contribution >= 0.6 is 11.6 Å². The zero-order valence-corrected chi connectivity index (χ0v) is 16.3. The van der Waals surface area contributed by atoms with E-state index in [1.54, 1.807) is 11.0 Å². The zero-order chi connectivity index (χ0) is 19.4. The van der Waals surface area contributed by atoms with E-state index in [1.807, 2.05) is 61.3 Å². The SMILES string of the molecule is Cc1ccc(NC(=O)CN(C)[C@@H](C)c2ccc(-n3cncn3)cc2)c(Cl)c1. The Bertz CT molecular complexity index is 909. The molecule has 1 aromatic heterocycles. The number of aryl methyl sites for hydroxylation is 1. The van der Waals surface area contributed by atoms with Crippen LogP contribution in [-0.4, -0.2) is 39.2 Å². The van der Waals surface area contributed by atoms with Crippen molar-refractivity contribution in [1.29, 1.82) is 0 Å². The minimum absolute atomic E-state index is 0.0778. The molecule has 1 N–H and O–H groups in total. The summed E-state index contributed by atoms with van der Waals surface area (Å²) in [5.41, 5.74) is 3.74. The highest BCUT2D eigenvalue weighted by atomic mass is 35.5. The van der Waals surface area contributed by atoms with Crippen molar-refractivity contribution in [2.45, 2.75) is 19.9 Å². The number of amides is 1. The number of benzene rings is 2. The zero-order valence-electron chi connectivity index (χ0n) is 15.6. The Morgan fingerprint density at radius 1 is 1.26 bits per heavy atom. The second-order valence-corrected chi connectivity index (χ2v) is 6.96. The first-order valence-electron chi connectivity index (χ1n) is 8.65. The molecule has 6 nitrogen and oxygen atoms in total. The lowest BCUT2D eigenvalue weighted by atomic mass is 10.1. The van der Waals surface area contributed by atoms with Crippen molar-refractivity contribution < 1.29 is 4.79 Å². The Morgan fingerprint density at radius 2 is 2.00 bits per heavy atom. The lowest BCUT2D eigenvalue weighted by molar-refractivity contribution is -0.117. The second-order valence-electron chi connectivity index (χ2n) is 6.55. The second kappa shape index (κ2) is 8.33. The predicted octanol–water partition coefficient (Wildman–Crippen LogP) is 3.86. The van der Waals surface area contributed by atoms with Gasteiger partial charge in [-0.15, -0.1) is 0 Å². The van der Waals surface area contributed by atoms with Gasteiger partial charge in [0.2, 0.25) is 5.91 Å². The first-order chi connectivity index (χ1) is 12.9. The number of rotatable bonds is 6. The number of hydrogen-bond donors (Lipinski definition) is 1. The Kier molecular flexibility index (Phi) is 5.88. The van der Waals surface area contributed by atoms with E-state index in [0.29, 0.717) is 10.7 Å². The quantitative estimate of drug-likeness (QED) is 0.702. The monoisotopic (exact) mass is 383 g/mol. The highest BCUT2D eigenvalue weighted by molar-refractivity contribution is 6.33. The molecule has 0 aliphatic heterocycles. The molecule has 0 saturated carbocycles. The fraction of sp³-hybridized carbons (Fsp3) is 0.250. The maximum absolute atomic E-state index is 12.4. The third kappa shape index (κ3) is 4.72. The fourth-order valence-electron chi connectivity index (χ4n) is 2.78. The number of anilines is 1. The van der Waals surface area contributed by atoms with Crippen LogP contribution in [0.15, 0.2) is 55.1 Å². The molecule has 2 aromatic carbocycles. The minimum Gasteiger partial charge on any atom is -0.324 e. The highest BCUT2D eigenvalue weighted by Crippen LogP contribution is 2.23. The van der Waals surface area contributed by atoms with E-state index in [4.69, 9.17) is 11.6 Å². The largest absolute Gasteiger partial charge is 0.324 e. The molecule has 0 fully saturated rings. The van der Waals surface area contributed by atoms with E-state index in [1.165, 1.54) is 6.33 Å². The molecule has 0 aliphatic rings. The van der Waals surface area contributed by atoms with Crippen LogP contribution in [0.25, 0.3) is 5.69 Å². The van der Waals surface area contributed by atoms with Gasteiger partial charge in [0.15, 0.2) is 0 Å². The first kappa shape index (κ1) is 19.1. The average molecular weight is 384 g/mol. The summed E-state index contributed by atoms with van der Waals surface area (Å²) >= 11 is 6.19. The Morgan fingerprint density at radius 3 is 2.63 bits per heavy atom. The third-order valence-corrected chi connectivity index (χ3v) is 4.82. The summed E-state index contributed by atoms with van der Waals surface area (Å²) in [7, 11) is 1.92. The molecule has 1 atom stereocenters. The highest BCUT2D eigenvalue weighted by Gasteiger charge is 2.16. The van der Waals surface area contributed by atoms with E-state index in [9.17, 15) is 4.79 Å². The molecule has 0 spiro atoms. The Labute approximate surface area is 163 Å². The number of halogens is 1. The molecule has 1 heterocycles. The number of hydrogen-bond acceptors (Lipinski definition) is 4. The van der Waals surface area contributed by atoms with Gasteiger partial charge in [-0.25, -0.2) is 9.67 Å². The van der Waals surface area contributed by atoms with Gasteiger partial charge in [-0.05, 0) is 56.3 Å². The van der Waals surface area contributed by atoms with Crippen LogP contribution in [-0.2, 0) is 4.79 Å². The molecule has 0 bridgehead atoms. The van der Waals surface area contributed by atoms with Gasteiger partial charge in [0.1, 0.15) is 12.7 Å². The fourth-order valence-corrected chi connectivity index (χ4v) is 3.06. The van der Waals surface area contributed by atoms with Crippen LogP contribution in [0.5, 0.6) is 0 Å². The van der Waals surface area contributed by atoms with Crippen LogP contribution in [0, 0.1) is 6.92 Å².